The maximum atomic E-state index is 12.8. The van der Waals surface area contributed by atoms with E-state index in [1.54, 1.807) is 27.2 Å². The third-order valence-corrected chi connectivity index (χ3v) is 7.13. The molecule has 0 aromatic heterocycles. The second-order valence-electron chi connectivity index (χ2n) is 9.54. The van der Waals surface area contributed by atoms with Crippen molar-refractivity contribution >= 4 is 11.9 Å². The van der Waals surface area contributed by atoms with E-state index in [-0.39, 0.29) is 23.8 Å². The van der Waals surface area contributed by atoms with Gasteiger partial charge in [-0.25, -0.2) is 0 Å². The first kappa shape index (κ1) is 21.0. The average molecular weight is 416 g/mol. The van der Waals surface area contributed by atoms with Crippen molar-refractivity contribution in [1.29, 1.82) is 0 Å². The van der Waals surface area contributed by atoms with Crippen molar-refractivity contribution in [3.05, 3.63) is 23.8 Å². The molecule has 6 nitrogen and oxygen atoms in total. The fraction of sp³-hybridized carbons (Fsp3) is 0.667. The smallest absolute Gasteiger partial charge is 0.306 e. The van der Waals surface area contributed by atoms with Gasteiger partial charge in [0.05, 0.1) is 14.2 Å². The number of hydrogen-bond donors (Lipinski definition) is 1. The number of amides is 1. The van der Waals surface area contributed by atoms with E-state index in [1.165, 1.54) is 19.3 Å². The summed E-state index contributed by atoms with van der Waals surface area (Å²) in [6.07, 6.45) is 7.17. The number of ether oxygens (including phenoxy) is 3. The fourth-order valence-electron chi connectivity index (χ4n) is 6.19. The van der Waals surface area contributed by atoms with Gasteiger partial charge >= 0.3 is 5.97 Å². The molecule has 0 unspecified atom stereocenters. The number of hydrogen-bond acceptors (Lipinski definition) is 5. The first-order valence-corrected chi connectivity index (χ1v) is 11.1. The van der Waals surface area contributed by atoms with E-state index in [2.05, 4.69) is 5.32 Å². The Morgan fingerprint density at radius 3 is 2.03 bits per heavy atom. The molecule has 0 aliphatic heterocycles. The lowest BCUT2D eigenvalue weighted by Crippen LogP contribution is -2.61. The van der Waals surface area contributed by atoms with Crippen molar-refractivity contribution in [3.8, 4) is 11.5 Å². The molecule has 1 aromatic rings. The normalized spacial score (nSPS) is 29.9. The van der Waals surface area contributed by atoms with E-state index < -0.39 is 6.10 Å². The van der Waals surface area contributed by atoms with Crippen LogP contribution in [0.4, 0.5) is 0 Å². The largest absolute Gasteiger partial charge is 0.497 e. The van der Waals surface area contributed by atoms with Gasteiger partial charge in [0.25, 0.3) is 5.91 Å². The van der Waals surface area contributed by atoms with Gasteiger partial charge in [-0.3, -0.25) is 9.59 Å². The molecule has 30 heavy (non-hydrogen) atoms. The van der Waals surface area contributed by atoms with Crippen molar-refractivity contribution in [3.63, 3.8) is 0 Å². The van der Waals surface area contributed by atoms with Crippen LogP contribution in [0.3, 0.4) is 0 Å². The summed E-state index contributed by atoms with van der Waals surface area (Å²) in [5.74, 6) is 3.11. The van der Waals surface area contributed by atoms with Crippen molar-refractivity contribution in [1.82, 2.24) is 5.32 Å². The van der Waals surface area contributed by atoms with Crippen LogP contribution >= 0.6 is 0 Å². The summed E-state index contributed by atoms with van der Waals surface area (Å²) in [4.78, 5) is 25.1. The SMILES string of the molecule is COc1cc(CCC(=O)O[C@H](C)C(=O)NC23CC4CC(CC(C4)C2)C3)cc(OC)c1. The van der Waals surface area contributed by atoms with Crippen LogP contribution < -0.4 is 14.8 Å². The first-order valence-electron chi connectivity index (χ1n) is 11.1. The van der Waals surface area contributed by atoms with Crippen LogP contribution in [0.1, 0.15) is 57.4 Å². The first-order chi connectivity index (χ1) is 14.4. The van der Waals surface area contributed by atoms with Gasteiger partial charge in [0, 0.05) is 18.0 Å². The fourth-order valence-corrected chi connectivity index (χ4v) is 6.19. The van der Waals surface area contributed by atoms with Crippen molar-refractivity contribution in [2.24, 2.45) is 17.8 Å². The van der Waals surface area contributed by atoms with Crippen LogP contribution in [0.5, 0.6) is 11.5 Å². The Morgan fingerprint density at radius 2 is 1.53 bits per heavy atom. The number of nitrogens with one attached hydrogen (secondary N) is 1. The van der Waals surface area contributed by atoms with E-state index >= 15 is 0 Å². The standard InChI is InChI=1S/C24H33NO5/c1-15(23(27)25-24-12-17-6-18(13-24)8-19(7-17)14-24)30-22(26)5-4-16-9-20(28-2)11-21(10-16)29-3/h9-11,15,17-19H,4-8,12-14H2,1-3H3,(H,25,27)/t15-,17?,18?,19?,24?/m1/s1. The zero-order valence-corrected chi connectivity index (χ0v) is 18.2. The molecule has 4 bridgehead atoms. The molecule has 4 saturated carbocycles. The van der Waals surface area contributed by atoms with E-state index in [9.17, 15) is 9.59 Å². The van der Waals surface area contributed by atoms with Gasteiger partial charge in [-0.1, -0.05) is 0 Å². The predicted molar refractivity (Wildman–Crippen MR) is 112 cm³/mol. The highest BCUT2D eigenvalue weighted by atomic mass is 16.5. The molecule has 1 amide bonds. The highest BCUT2D eigenvalue weighted by molar-refractivity contribution is 5.84. The Balaban J connectivity index is 1.28. The number of methoxy groups -OCH3 is 2. The topological polar surface area (TPSA) is 73.9 Å². The molecule has 4 aliphatic rings. The van der Waals surface area contributed by atoms with Crippen molar-refractivity contribution in [2.45, 2.75) is 69.9 Å². The second-order valence-corrected chi connectivity index (χ2v) is 9.54. The van der Waals surface area contributed by atoms with Crippen molar-refractivity contribution in [2.75, 3.05) is 14.2 Å². The van der Waals surface area contributed by atoms with E-state index in [1.807, 2.05) is 12.1 Å². The maximum absolute atomic E-state index is 12.8. The third kappa shape index (κ3) is 4.57. The summed E-state index contributed by atoms with van der Waals surface area (Å²) in [6.45, 7) is 1.67. The van der Waals surface area contributed by atoms with Gasteiger partial charge in [-0.05, 0) is 87.3 Å². The van der Waals surface area contributed by atoms with Gasteiger partial charge < -0.3 is 19.5 Å². The molecule has 1 aromatic carbocycles. The zero-order valence-electron chi connectivity index (χ0n) is 18.2. The van der Waals surface area contributed by atoms with Crippen LogP contribution in [0.2, 0.25) is 0 Å². The molecule has 1 N–H and O–H groups in total. The predicted octanol–water partition coefficient (Wildman–Crippen LogP) is 3.65. The van der Waals surface area contributed by atoms with E-state index in [4.69, 9.17) is 14.2 Å². The Kier molecular flexibility index (Phi) is 5.94. The van der Waals surface area contributed by atoms with E-state index in [0.717, 1.165) is 42.6 Å². The molecule has 0 heterocycles. The van der Waals surface area contributed by atoms with Crippen LogP contribution in [-0.2, 0) is 20.7 Å². The lowest BCUT2D eigenvalue weighted by atomic mass is 9.53. The highest BCUT2D eigenvalue weighted by Crippen LogP contribution is 2.55. The molecule has 0 spiro atoms. The summed E-state index contributed by atoms with van der Waals surface area (Å²) in [6, 6.07) is 5.54. The molecule has 0 radical (unpaired) electrons. The van der Waals surface area contributed by atoms with Gasteiger partial charge in [-0.15, -0.1) is 0 Å². The Bertz CT molecular complexity index is 747. The summed E-state index contributed by atoms with van der Waals surface area (Å²) < 4.78 is 16.0. The molecule has 0 saturated heterocycles. The summed E-state index contributed by atoms with van der Waals surface area (Å²) >= 11 is 0. The molecule has 4 aliphatic carbocycles. The van der Waals surface area contributed by atoms with Crippen molar-refractivity contribution < 1.29 is 23.8 Å². The Hall–Kier alpha value is -2.24. The summed E-state index contributed by atoms with van der Waals surface area (Å²) in [5.41, 5.74) is 0.859. The van der Waals surface area contributed by atoms with Crippen LogP contribution in [0, 0.1) is 17.8 Å². The number of rotatable bonds is 8. The van der Waals surface area contributed by atoms with Crippen LogP contribution in [-0.4, -0.2) is 37.7 Å². The van der Waals surface area contributed by atoms with Gasteiger partial charge in [-0.2, -0.15) is 0 Å². The molecular formula is C24H33NO5. The van der Waals surface area contributed by atoms with Gasteiger partial charge in [0.1, 0.15) is 11.5 Å². The van der Waals surface area contributed by atoms with E-state index in [0.29, 0.717) is 17.9 Å². The quantitative estimate of drug-likeness (QED) is 0.656. The molecule has 1 atom stereocenters. The number of benzene rings is 1. The summed E-state index contributed by atoms with van der Waals surface area (Å²) in [5, 5.41) is 3.28. The maximum Gasteiger partial charge on any atom is 0.306 e. The Labute approximate surface area is 178 Å². The number of esters is 1. The second kappa shape index (κ2) is 8.48. The van der Waals surface area contributed by atoms with Gasteiger partial charge in [0.2, 0.25) is 0 Å². The van der Waals surface area contributed by atoms with Crippen LogP contribution in [0.15, 0.2) is 18.2 Å². The third-order valence-electron chi connectivity index (χ3n) is 7.13. The minimum absolute atomic E-state index is 0.0658. The summed E-state index contributed by atoms with van der Waals surface area (Å²) in [7, 11) is 3.19. The monoisotopic (exact) mass is 415 g/mol. The number of carbonyl (C=O) groups excluding carboxylic acids is 2. The molecule has 4 fully saturated rings. The lowest BCUT2D eigenvalue weighted by Gasteiger charge is -2.57. The molecule has 6 heteroatoms. The molecule has 164 valence electrons. The number of carbonyl (C=O) groups is 2. The highest BCUT2D eigenvalue weighted by Gasteiger charge is 2.51. The minimum atomic E-state index is -0.773. The average Bonchev–Trinajstić information content (AvgIpc) is 2.70. The molecule has 5 rings (SSSR count). The number of aryl methyl sites for hydroxylation is 1. The van der Waals surface area contributed by atoms with Gasteiger partial charge in [0.15, 0.2) is 6.10 Å². The molecular weight excluding hydrogens is 382 g/mol. The minimum Gasteiger partial charge on any atom is -0.497 e. The Morgan fingerprint density at radius 1 is 1.00 bits per heavy atom. The van der Waals surface area contributed by atoms with Crippen LogP contribution in [0.25, 0.3) is 0 Å². The zero-order chi connectivity index (χ0) is 21.3. The lowest BCUT2D eigenvalue weighted by molar-refractivity contribution is -0.156.